The van der Waals surface area contributed by atoms with Crippen molar-refractivity contribution < 1.29 is 28.7 Å². The van der Waals surface area contributed by atoms with Gasteiger partial charge in [-0.15, -0.1) is 58.0 Å². The van der Waals surface area contributed by atoms with Crippen LogP contribution in [0.25, 0.3) is 0 Å². The Kier molecular flexibility index (Phi) is 28.4. The number of rotatable bonds is 19. The van der Waals surface area contributed by atoms with Crippen LogP contribution in [0.15, 0.2) is 28.8 Å². The normalized spacial score (nSPS) is 13.1. The van der Waals surface area contributed by atoms with Crippen molar-refractivity contribution in [1.82, 2.24) is 41.1 Å². The van der Waals surface area contributed by atoms with Gasteiger partial charge in [0.25, 0.3) is 0 Å². The lowest BCUT2D eigenvalue weighted by Gasteiger charge is -2.27. The first kappa shape index (κ1) is 53.9. The molecule has 3 aromatic rings. The van der Waals surface area contributed by atoms with E-state index < -0.39 is 18.2 Å². The molecular weight excluding hydrogens is 900 g/mol. The lowest BCUT2D eigenvalue weighted by Crippen LogP contribution is -2.54. The van der Waals surface area contributed by atoms with Gasteiger partial charge in [-0.3, -0.25) is 14.8 Å². The average Bonchev–Trinajstić information content (AvgIpc) is 3.95. The third-order valence-electron chi connectivity index (χ3n) is 7.90. The number of carbonyl (C=O) groups is 4. The number of thiazole rings is 3. The average molecular weight is 964 g/mol. The molecule has 3 aromatic heterocycles. The number of urea groups is 1. The second kappa shape index (κ2) is 30.0. The highest BCUT2D eigenvalue weighted by Gasteiger charge is 2.27. The van der Waals surface area contributed by atoms with Crippen LogP contribution in [0.5, 0.6) is 0 Å². The number of aromatic nitrogens is 3. The first-order valence-electron chi connectivity index (χ1n) is 18.7. The van der Waals surface area contributed by atoms with Crippen molar-refractivity contribution in [2.24, 2.45) is 11.7 Å². The fraction of sp³-hybridized carbons (Fsp3) is 0.649. The Labute approximate surface area is 369 Å². The molecule has 3 heterocycles. The summed E-state index contributed by atoms with van der Waals surface area (Å²) in [5.74, 6) is 0.0190. The summed E-state index contributed by atoms with van der Waals surface area (Å²) >= 11 is 4.48. The SMILES string of the molecule is CC(C)c1nc(CN(C)C(=O)N[C@H](C(=O)N[C@@H](C)CC[C@H](C)NC(=O)OCc2cncs2)C(C)C)cs1.C[C@H](N)CC[C@H](C)NC(=O)OCc1cncs1.I.[B]C. The monoisotopic (exact) mass is 963 g/mol. The quantitative estimate of drug-likeness (QED) is 0.0605. The summed E-state index contributed by atoms with van der Waals surface area (Å²) in [7, 11) is 6.19. The summed E-state index contributed by atoms with van der Waals surface area (Å²) < 4.78 is 10.2. The summed E-state index contributed by atoms with van der Waals surface area (Å²) in [6.45, 7) is 18.0. The summed E-state index contributed by atoms with van der Waals surface area (Å²) in [6, 6.07) is -1.01. The maximum atomic E-state index is 13.0. The number of amides is 5. The lowest BCUT2D eigenvalue weighted by molar-refractivity contribution is -0.124. The number of hydrogen-bond acceptors (Lipinski definition) is 13. The van der Waals surface area contributed by atoms with Crippen molar-refractivity contribution in [3.63, 3.8) is 0 Å². The number of nitrogens with zero attached hydrogens (tertiary/aromatic N) is 4. The van der Waals surface area contributed by atoms with Gasteiger partial charge in [0.1, 0.15) is 19.3 Å². The Morgan fingerprint density at radius 1 is 0.754 bits per heavy atom. The molecule has 0 saturated carbocycles. The zero-order valence-corrected chi connectivity index (χ0v) is 39.7. The highest BCUT2D eigenvalue weighted by atomic mass is 127. The first-order chi connectivity index (χ1) is 26.5. The molecule has 5 atom stereocenters. The van der Waals surface area contributed by atoms with Crippen molar-refractivity contribution in [3.8, 4) is 0 Å². The van der Waals surface area contributed by atoms with Crippen LogP contribution in [0.4, 0.5) is 14.4 Å². The van der Waals surface area contributed by atoms with E-state index in [1.807, 2.05) is 46.9 Å². The van der Waals surface area contributed by atoms with Crippen LogP contribution in [0.3, 0.4) is 0 Å². The van der Waals surface area contributed by atoms with Gasteiger partial charge in [-0.2, -0.15) is 0 Å². The molecule has 2 radical (unpaired) electrons. The molecule has 20 heteroatoms. The van der Waals surface area contributed by atoms with E-state index in [9.17, 15) is 19.2 Å². The second-order valence-corrected chi connectivity index (χ2v) is 16.9. The van der Waals surface area contributed by atoms with E-state index >= 15 is 0 Å². The van der Waals surface area contributed by atoms with Gasteiger partial charge in [0.15, 0.2) is 0 Å². The van der Waals surface area contributed by atoms with Crippen LogP contribution < -0.4 is 27.0 Å². The topological polar surface area (TPSA) is 203 Å². The molecule has 3 rings (SSSR count). The number of nitrogens with two attached hydrogens (primary N) is 1. The van der Waals surface area contributed by atoms with Crippen LogP contribution in [-0.4, -0.2) is 89.1 Å². The molecule has 0 aliphatic heterocycles. The number of ether oxygens (including phenoxy) is 2. The smallest absolute Gasteiger partial charge is 0.407 e. The van der Waals surface area contributed by atoms with E-state index in [1.165, 1.54) is 34.4 Å². The van der Waals surface area contributed by atoms with Gasteiger partial charge < -0.3 is 41.4 Å². The molecule has 0 aromatic carbocycles. The van der Waals surface area contributed by atoms with E-state index in [2.05, 4.69) is 57.9 Å². The highest BCUT2D eigenvalue weighted by molar-refractivity contribution is 14.0. The number of alkyl carbamates (subject to hydrolysis) is 2. The summed E-state index contributed by atoms with van der Waals surface area (Å²) in [4.78, 5) is 64.9. The number of hydrogen-bond donors (Lipinski definition) is 5. The third kappa shape index (κ3) is 23.8. The largest absolute Gasteiger partial charge is 0.444 e. The maximum absolute atomic E-state index is 13.0. The Balaban J connectivity index is 0.00000131. The van der Waals surface area contributed by atoms with Gasteiger partial charge in [0, 0.05) is 54.9 Å². The molecular formula is C37H63BIN9O6S3. The number of halogens is 1. The summed E-state index contributed by atoms with van der Waals surface area (Å²) in [5.41, 5.74) is 9.88. The van der Waals surface area contributed by atoms with Crippen molar-refractivity contribution in [1.29, 1.82) is 0 Å². The molecule has 57 heavy (non-hydrogen) atoms. The van der Waals surface area contributed by atoms with Gasteiger partial charge in [-0.25, -0.2) is 19.4 Å². The standard InChI is InChI=1S/C25H40N6O4S2.C11H19N3O2S.CH3B.HI/c1-15(2)21(30-24(33)31(7)11-19-13-36-23(29-19)16(3)4)22(32)27-17(5)8-9-18(6)28-25(34)35-12-20-10-26-14-37-20;1-8(12)3-4-9(2)14-11(15)16-6-10-5-13-7-17-10;1-2;/h10,13-18,21H,8-9,11-12H2,1-7H3,(H,27,32)(H,28,34)(H,30,33);5,7-9H,3-4,6,12H2,1-2H3,(H,14,15);1H3;1H/t17-,18-,21-;8-,9-;;/m00../s1. The molecule has 5 amide bonds. The molecule has 320 valence electrons. The highest BCUT2D eigenvalue weighted by Crippen LogP contribution is 2.20. The summed E-state index contributed by atoms with van der Waals surface area (Å²) in [6.07, 6.45) is 5.53. The number of carbonyl (C=O) groups excluding carboxylic acids is 4. The Morgan fingerprint density at radius 2 is 1.23 bits per heavy atom. The number of nitrogens with one attached hydrogen (secondary N) is 4. The predicted molar refractivity (Wildman–Crippen MR) is 241 cm³/mol. The second-order valence-electron chi connectivity index (χ2n) is 14.1. The van der Waals surface area contributed by atoms with Gasteiger partial charge in [-0.1, -0.05) is 34.5 Å². The van der Waals surface area contributed by atoms with Crippen LogP contribution in [0, 0.1) is 5.92 Å². The van der Waals surface area contributed by atoms with Crippen LogP contribution >= 0.6 is 58.0 Å². The molecule has 0 saturated heterocycles. The van der Waals surface area contributed by atoms with Crippen molar-refractivity contribution >= 4 is 90.0 Å². The van der Waals surface area contributed by atoms with E-state index in [4.69, 9.17) is 15.2 Å². The molecule has 0 spiro atoms. The minimum Gasteiger partial charge on any atom is -0.444 e. The van der Waals surface area contributed by atoms with E-state index in [0.717, 1.165) is 33.3 Å². The van der Waals surface area contributed by atoms with E-state index in [1.54, 1.807) is 41.8 Å². The lowest BCUT2D eigenvalue weighted by atomic mass is 10.0. The molecule has 0 bridgehead atoms. The molecule has 0 unspecified atom stereocenters. The van der Waals surface area contributed by atoms with Crippen LogP contribution in [0.2, 0.25) is 6.82 Å². The molecule has 0 fully saturated rings. The van der Waals surface area contributed by atoms with Gasteiger partial charge >= 0.3 is 18.2 Å². The van der Waals surface area contributed by atoms with Gasteiger partial charge in [0.05, 0.1) is 45.9 Å². The Hall–Kier alpha value is -3.08. The zero-order chi connectivity index (χ0) is 42.2. The van der Waals surface area contributed by atoms with Crippen molar-refractivity contribution in [2.45, 2.75) is 144 Å². The Bertz CT molecular complexity index is 1530. The third-order valence-corrected chi connectivity index (χ3v) is 10.6. The van der Waals surface area contributed by atoms with Crippen LogP contribution in [-0.2, 0) is 34.0 Å². The fourth-order valence-electron chi connectivity index (χ4n) is 4.70. The molecule has 6 N–H and O–H groups in total. The molecule has 15 nitrogen and oxygen atoms in total. The Morgan fingerprint density at radius 3 is 1.63 bits per heavy atom. The minimum atomic E-state index is -0.670. The molecule has 0 aliphatic rings. The van der Waals surface area contributed by atoms with Gasteiger partial charge in [0.2, 0.25) is 5.91 Å². The first-order valence-corrected chi connectivity index (χ1v) is 21.4. The zero-order valence-electron chi connectivity index (χ0n) is 34.9. The summed E-state index contributed by atoms with van der Waals surface area (Å²) in [5, 5.41) is 14.4. The fourth-order valence-corrected chi connectivity index (χ4v) is 6.54. The predicted octanol–water partition coefficient (Wildman–Crippen LogP) is 7.20. The van der Waals surface area contributed by atoms with Gasteiger partial charge in [-0.05, 0) is 59.3 Å². The maximum Gasteiger partial charge on any atom is 0.407 e. The molecule has 0 aliphatic carbocycles. The van der Waals surface area contributed by atoms with Crippen LogP contribution in [0.1, 0.15) is 107 Å². The van der Waals surface area contributed by atoms with Crippen molar-refractivity contribution in [2.75, 3.05) is 7.05 Å². The van der Waals surface area contributed by atoms with E-state index in [0.29, 0.717) is 25.3 Å². The van der Waals surface area contributed by atoms with Crippen molar-refractivity contribution in [3.05, 3.63) is 49.3 Å². The van der Waals surface area contributed by atoms with E-state index in [-0.39, 0.29) is 79.2 Å². The minimum absolute atomic E-state index is 0.